The molecule has 2 fully saturated rings. The second kappa shape index (κ2) is 24.9. The predicted molar refractivity (Wildman–Crippen MR) is 180 cm³/mol. The molecule has 2 heterocycles. The van der Waals surface area contributed by atoms with E-state index < -0.39 is 0 Å². The van der Waals surface area contributed by atoms with Crippen LogP contribution in [0.4, 0.5) is 5.69 Å². The van der Waals surface area contributed by atoms with Crippen LogP contribution in [-0.2, 0) is 16.0 Å². The van der Waals surface area contributed by atoms with E-state index >= 15 is 0 Å². The molecule has 2 aliphatic rings. The highest BCUT2D eigenvalue weighted by atomic mass is 16.4. The number of carbonyl (C=O) groups is 2. The number of piperidine rings is 1. The van der Waals surface area contributed by atoms with Crippen LogP contribution in [0.3, 0.4) is 0 Å². The van der Waals surface area contributed by atoms with Gasteiger partial charge in [0.05, 0.1) is 11.9 Å². The van der Waals surface area contributed by atoms with E-state index in [2.05, 4.69) is 40.4 Å². The van der Waals surface area contributed by atoms with Gasteiger partial charge in [-0.25, -0.2) is 4.98 Å². The van der Waals surface area contributed by atoms with Crippen LogP contribution in [0.2, 0.25) is 0 Å². The molecule has 1 aliphatic heterocycles. The molecular formula is C35H55N5O3. The quantitative estimate of drug-likeness (QED) is 0.115. The largest absolute Gasteiger partial charge is 0.441 e. The summed E-state index contributed by atoms with van der Waals surface area (Å²) < 4.78 is 5.84. The summed E-state index contributed by atoms with van der Waals surface area (Å²) in [5, 5.41) is 0. The fourth-order valence-electron chi connectivity index (χ4n) is 4.60. The SMILES string of the molecule is C#C.CC.CCC(=O)CCCCCCc1ncc(-c2ccc(N=C/C=C\N)cc2)o1.CCN1CCC2(CC1)CC2.NC=O. The molecule has 1 spiro atoms. The molecule has 1 saturated carbocycles. The molecule has 1 saturated heterocycles. The highest BCUT2D eigenvalue weighted by Gasteiger charge is 2.43. The van der Waals surface area contributed by atoms with Crippen molar-refractivity contribution >= 4 is 24.1 Å². The number of allylic oxidation sites excluding steroid dienone is 1. The molecule has 0 bridgehead atoms. The number of hydrogen-bond donors (Lipinski definition) is 2. The number of carbonyl (C=O) groups excluding carboxylic acids is 2. The van der Waals surface area contributed by atoms with Crippen LogP contribution in [0, 0.1) is 18.3 Å². The number of nitrogens with zero attached hydrogens (tertiary/aromatic N) is 3. The number of ketones is 1. The van der Waals surface area contributed by atoms with Crippen LogP contribution < -0.4 is 11.5 Å². The maximum atomic E-state index is 11.2. The summed E-state index contributed by atoms with van der Waals surface area (Å²) in [6.07, 6.45) is 27.2. The molecule has 0 unspecified atom stereocenters. The monoisotopic (exact) mass is 593 g/mol. The van der Waals surface area contributed by atoms with Crippen molar-refractivity contribution in [1.29, 1.82) is 0 Å². The molecule has 4 N–H and O–H groups in total. The summed E-state index contributed by atoms with van der Waals surface area (Å²) >= 11 is 0. The third-order valence-corrected chi connectivity index (χ3v) is 7.44. The number of unbranched alkanes of at least 4 members (excludes halogenated alkanes) is 3. The molecule has 1 aromatic carbocycles. The second-order valence-corrected chi connectivity index (χ2v) is 10.2. The standard InChI is InChI=1S/C21H27N3O2.C9H17N.C2H6.C2H2.CH3NO/c1-2-19(25)8-5-3-4-6-9-21-24-16-20(26-21)17-10-12-18(13-11-17)23-15-7-14-22;1-2-10-7-5-9(3-4-9)6-8-10;2*1-2;2-1-3/h7,10-16H,2-6,8-9,22H2,1H3;2-8H2,1H3;1-2H3;1-2H;1H,(H2,2,3)/b14-7-,23-15?;;;;. The number of hydrogen-bond acceptors (Lipinski definition) is 7. The van der Waals surface area contributed by atoms with Gasteiger partial charge < -0.3 is 20.8 Å². The number of amides is 1. The molecule has 0 radical (unpaired) electrons. The Bertz CT molecular complexity index is 1060. The molecule has 1 aromatic heterocycles. The Labute approximate surface area is 260 Å². The number of oxazole rings is 1. The highest BCUT2D eigenvalue weighted by molar-refractivity contribution is 5.77. The van der Waals surface area contributed by atoms with Gasteiger partial charge in [0, 0.05) is 31.0 Å². The number of rotatable bonds is 12. The minimum Gasteiger partial charge on any atom is -0.441 e. The first-order valence-corrected chi connectivity index (χ1v) is 15.7. The molecule has 238 valence electrons. The van der Waals surface area contributed by atoms with E-state index in [1.807, 2.05) is 45.0 Å². The Morgan fingerprint density at radius 1 is 1.02 bits per heavy atom. The zero-order valence-corrected chi connectivity index (χ0v) is 27.0. The van der Waals surface area contributed by atoms with Crippen LogP contribution in [0.25, 0.3) is 11.3 Å². The fraction of sp³-hybridized carbons (Fsp3) is 0.543. The Hall–Kier alpha value is -3.70. The summed E-state index contributed by atoms with van der Waals surface area (Å²) in [7, 11) is 0. The van der Waals surface area contributed by atoms with E-state index in [0.29, 0.717) is 18.6 Å². The van der Waals surface area contributed by atoms with E-state index in [0.717, 1.165) is 60.4 Å². The minimum atomic E-state index is 0.250. The van der Waals surface area contributed by atoms with Crippen molar-refractivity contribution in [3.8, 4) is 24.2 Å². The van der Waals surface area contributed by atoms with Gasteiger partial charge in [0.2, 0.25) is 6.41 Å². The van der Waals surface area contributed by atoms with Gasteiger partial charge in [0.15, 0.2) is 11.7 Å². The minimum absolute atomic E-state index is 0.250. The Morgan fingerprint density at radius 2 is 1.63 bits per heavy atom. The second-order valence-electron chi connectivity index (χ2n) is 10.2. The molecule has 8 nitrogen and oxygen atoms in total. The van der Waals surface area contributed by atoms with E-state index in [1.165, 1.54) is 51.5 Å². The van der Waals surface area contributed by atoms with Gasteiger partial charge in [-0.05, 0) is 100 Å². The third-order valence-electron chi connectivity index (χ3n) is 7.44. The maximum absolute atomic E-state index is 11.2. The van der Waals surface area contributed by atoms with Gasteiger partial charge in [0.1, 0.15) is 5.78 Å². The number of aryl methyl sites for hydroxylation is 1. The Morgan fingerprint density at radius 3 is 2.16 bits per heavy atom. The van der Waals surface area contributed by atoms with Crippen LogP contribution in [0.1, 0.15) is 97.8 Å². The van der Waals surface area contributed by atoms with Crippen molar-refractivity contribution in [1.82, 2.24) is 9.88 Å². The van der Waals surface area contributed by atoms with E-state index in [4.69, 9.17) is 14.9 Å². The zero-order valence-electron chi connectivity index (χ0n) is 27.0. The van der Waals surface area contributed by atoms with Gasteiger partial charge in [0.25, 0.3) is 0 Å². The lowest BCUT2D eigenvalue weighted by molar-refractivity contribution is -0.118. The number of likely N-dealkylation sites (tertiary alicyclic amines) is 1. The van der Waals surface area contributed by atoms with Crippen molar-refractivity contribution < 1.29 is 14.0 Å². The number of terminal acetylenes is 1. The number of nitrogens with two attached hydrogens (primary N) is 2. The topological polar surface area (TPSA) is 128 Å². The molecule has 4 rings (SSSR count). The molecule has 8 heteroatoms. The van der Waals surface area contributed by atoms with E-state index in [9.17, 15) is 4.79 Å². The summed E-state index contributed by atoms with van der Waals surface area (Å²) in [6, 6.07) is 7.79. The smallest absolute Gasteiger partial charge is 0.204 e. The number of primary amides is 1. The molecule has 0 atom stereocenters. The van der Waals surface area contributed by atoms with E-state index in [-0.39, 0.29) is 6.41 Å². The third kappa shape index (κ3) is 17.1. The summed E-state index contributed by atoms with van der Waals surface area (Å²) in [5.41, 5.74) is 12.1. The summed E-state index contributed by atoms with van der Waals surface area (Å²) in [4.78, 5) is 31.0. The van der Waals surface area contributed by atoms with Gasteiger partial charge in [-0.2, -0.15) is 0 Å². The number of aromatic nitrogens is 1. The van der Waals surface area contributed by atoms with Gasteiger partial charge >= 0.3 is 0 Å². The normalized spacial score (nSPS) is 14.7. The first kappa shape index (κ1) is 39.3. The Balaban J connectivity index is 0.000000849. The Kier molecular flexibility index (Phi) is 22.7. The first-order chi connectivity index (χ1) is 21.0. The average molecular weight is 594 g/mol. The molecule has 2 aromatic rings. The van der Waals surface area contributed by atoms with Crippen LogP contribution in [0.5, 0.6) is 0 Å². The number of benzene rings is 1. The van der Waals surface area contributed by atoms with Crippen LogP contribution in [0.15, 0.2) is 52.1 Å². The average Bonchev–Trinajstić information content (AvgIpc) is 3.64. The lowest BCUT2D eigenvalue weighted by Gasteiger charge is -2.30. The fourth-order valence-corrected chi connectivity index (χ4v) is 4.60. The van der Waals surface area contributed by atoms with Crippen LogP contribution in [-0.4, -0.2) is 47.9 Å². The van der Waals surface area contributed by atoms with Gasteiger partial charge in [-0.1, -0.05) is 40.5 Å². The maximum Gasteiger partial charge on any atom is 0.204 e. The van der Waals surface area contributed by atoms with Gasteiger partial charge in [-0.15, -0.1) is 12.8 Å². The molecular weight excluding hydrogens is 538 g/mol. The summed E-state index contributed by atoms with van der Waals surface area (Å²) in [6.45, 7) is 12.2. The lowest BCUT2D eigenvalue weighted by Crippen LogP contribution is -2.34. The van der Waals surface area contributed by atoms with Crippen molar-refractivity contribution in [3.63, 3.8) is 0 Å². The van der Waals surface area contributed by atoms with Crippen molar-refractivity contribution in [2.24, 2.45) is 21.9 Å². The molecule has 1 aliphatic carbocycles. The summed E-state index contributed by atoms with van der Waals surface area (Å²) in [5.74, 6) is 1.89. The number of Topliss-reactive ketones (excluding diaryl/α,β-unsaturated/α-hetero) is 1. The molecule has 1 amide bonds. The number of aliphatic imine (C=N–C) groups is 1. The predicted octanol–water partition coefficient (Wildman–Crippen LogP) is 7.25. The molecule has 43 heavy (non-hydrogen) atoms. The van der Waals surface area contributed by atoms with Gasteiger partial charge in [-0.3, -0.25) is 14.6 Å². The van der Waals surface area contributed by atoms with Crippen LogP contribution >= 0.6 is 0 Å². The van der Waals surface area contributed by atoms with Crippen molar-refractivity contribution in [2.75, 3.05) is 19.6 Å². The highest BCUT2D eigenvalue weighted by Crippen LogP contribution is 2.53. The van der Waals surface area contributed by atoms with Crippen molar-refractivity contribution in [3.05, 3.63) is 48.6 Å². The van der Waals surface area contributed by atoms with E-state index in [1.54, 1.807) is 18.5 Å². The van der Waals surface area contributed by atoms with Crippen molar-refractivity contribution in [2.45, 2.75) is 98.3 Å². The lowest BCUT2D eigenvalue weighted by atomic mass is 9.94. The first-order valence-electron chi connectivity index (χ1n) is 15.7. The zero-order chi connectivity index (χ0) is 32.3.